The van der Waals surface area contributed by atoms with E-state index in [1.807, 2.05) is 18.2 Å². The lowest BCUT2D eigenvalue weighted by Gasteiger charge is -2.39. The largest absolute Gasteiger partial charge is 0.348 e. The van der Waals surface area contributed by atoms with Gasteiger partial charge in [0.05, 0.1) is 11.0 Å². The summed E-state index contributed by atoms with van der Waals surface area (Å²) < 4.78 is 2.21. The highest BCUT2D eigenvalue weighted by Gasteiger charge is 2.30. The molecule has 0 fully saturated rings. The number of nitrogens with zero attached hydrogens (tertiary/aromatic N) is 3. The fourth-order valence-electron chi connectivity index (χ4n) is 3.97. The summed E-state index contributed by atoms with van der Waals surface area (Å²) >= 11 is 5.79. The number of non-ortho nitro benzene ring substituents is 1. The molecule has 2 heterocycles. The Bertz CT molecular complexity index is 1050. The highest BCUT2D eigenvalue weighted by Crippen LogP contribution is 2.34. The molecule has 1 aromatic heterocycles. The average Bonchev–Trinajstić information content (AvgIpc) is 3.15. The third kappa shape index (κ3) is 3.86. The normalized spacial score (nSPS) is 15.7. The maximum atomic E-state index is 11.0. The van der Waals surface area contributed by atoms with Crippen molar-refractivity contribution in [3.63, 3.8) is 0 Å². The van der Waals surface area contributed by atoms with Crippen LogP contribution in [0.2, 0.25) is 0 Å². The average molecular weight is 407 g/mol. The van der Waals surface area contributed by atoms with Gasteiger partial charge in [0.2, 0.25) is 0 Å². The van der Waals surface area contributed by atoms with Crippen LogP contribution in [0.5, 0.6) is 0 Å². The Morgan fingerprint density at radius 1 is 1.10 bits per heavy atom. The lowest BCUT2D eigenvalue weighted by molar-refractivity contribution is -0.384. The van der Waals surface area contributed by atoms with E-state index in [-0.39, 0.29) is 16.7 Å². The minimum absolute atomic E-state index is 0.0856. The molecule has 0 saturated carbocycles. The maximum absolute atomic E-state index is 11.0. The summed E-state index contributed by atoms with van der Waals surface area (Å²) in [5.74, 6) is 0. The van der Waals surface area contributed by atoms with Crippen LogP contribution in [0.3, 0.4) is 0 Å². The Hall–Kier alpha value is -3.19. The Labute approximate surface area is 174 Å². The molecule has 0 saturated heterocycles. The lowest BCUT2D eigenvalue weighted by Crippen LogP contribution is -2.44. The van der Waals surface area contributed by atoms with Crippen LogP contribution in [0.4, 0.5) is 11.4 Å². The van der Waals surface area contributed by atoms with Crippen LogP contribution in [-0.2, 0) is 6.54 Å². The van der Waals surface area contributed by atoms with E-state index in [0.29, 0.717) is 5.11 Å². The van der Waals surface area contributed by atoms with Crippen LogP contribution in [0.15, 0.2) is 60.8 Å². The molecule has 0 aliphatic carbocycles. The number of benzene rings is 2. The Balaban J connectivity index is 1.67. The van der Waals surface area contributed by atoms with E-state index in [1.165, 1.54) is 11.1 Å². The molecule has 1 aliphatic rings. The molecule has 0 bridgehead atoms. The van der Waals surface area contributed by atoms with Gasteiger partial charge in [0.1, 0.15) is 0 Å². The number of rotatable bonds is 3. The van der Waals surface area contributed by atoms with Gasteiger partial charge < -0.3 is 14.8 Å². The van der Waals surface area contributed by atoms with Crippen molar-refractivity contribution in [1.82, 2.24) is 9.47 Å². The zero-order valence-corrected chi connectivity index (χ0v) is 17.1. The van der Waals surface area contributed by atoms with Gasteiger partial charge in [0.15, 0.2) is 5.11 Å². The van der Waals surface area contributed by atoms with Crippen LogP contribution >= 0.6 is 12.2 Å². The van der Waals surface area contributed by atoms with Crippen molar-refractivity contribution in [3.8, 4) is 0 Å². The first-order chi connectivity index (χ1) is 13.9. The van der Waals surface area contributed by atoms with Crippen LogP contribution in [0, 0.1) is 24.0 Å². The molecule has 1 atom stereocenters. The molecule has 7 heteroatoms. The van der Waals surface area contributed by atoms with E-state index >= 15 is 0 Å². The second-order valence-corrected chi connectivity index (χ2v) is 7.76. The first kappa shape index (κ1) is 19.1. The minimum Gasteiger partial charge on any atom is -0.348 e. The van der Waals surface area contributed by atoms with Crippen molar-refractivity contribution < 1.29 is 4.92 Å². The van der Waals surface area contributed by atoms with E-state index < -0.39 is 0 Å². The number of aryl methyl sites for hydroxylation is 2. The number of anilines is 1. The van der Waals surface area contributed by atoms with Gasteiger partial charge in [-0.3, -0.25) is 10.1 Å². The van der Waals surface area contributed by atoms with Gasteiger partial charge in [-0.05, 0) is 79.2 Å². The summed E-state index contributed by atoms with van der Waals surface area (Å²) in [4.78, 5) is 12.8. The van der Waals surface area contributed by atoms with Crippen LogP contribution < -0.4 is 5.32 Å². The molecule has 1 aliphatic heterocycles. The minimum atomic E-state index is -0.378. The van der Waals surface area contributed by atoms with Gasteiger partial charge in [0.25, 0.3) is 5.69 Å². The van der Waals surface area contributed by atoms with Crippen LogP contribution in [0.1, 0.15) is 28.4 Å². The molecule has 4 rings (SSSR count). The van der Waals surface area contributed by atoms with E-state index in [9.17, 15) is 10.1 Å². The molecular weight excluding hydrogens is 384 g/mol. The summed E-state index contributed by atoms with van der Waals surface area (Å²) in [6.07, 6.45) is 2.06. The number of nitro benzene ring substituents is 1. The molecule has 148 valence electrons. The first-order valence-electron chi connectivity index (χ1n) is 9.48. The zero-order valence-electron chi connectivity index (χ0n) is 16.3. The lowest BCUT2D eigenvalue weighted by atomic mass is 10.00. The number of nitro groups is 1. The smallest absolute Gasteiger partial charge is 0.269 e. The molecule has 0 radical (unpaired) electrons. The molecule has 0 unspecified atom stereocenters. The van der Waals surface area contributed by atoms with E-state index in [2.05, 4.69) is 59.1 Å². The summed E-state index contributed by atoms with van der Waals surface area (Å²) in [6.45, 7) is 5.71. The molecule has 3 aromatic rings. The Morgan fingerprint density at radius 3 is 2.45 bits per heavy atom. The van der Waals surface area contributed by atoms with Crippen molar-refractivity contribution in [1.29, 1.82) is 0 Å². The van der Waals surface area contributed by atoms with Gasteiger partial charge in [-0.2, -0.15) is 0 Å². The van der Waals surface area contributed by atoms with Gasteiger partial charge in [-0.1, -0.05) is 6.07 Å². The summed E-state index contributed by atoms with van der Waals surface area (Å²) in [5.41, 5.74) is 5.50. The molecular formula is C22H22N4O2S. The van der Waals surface area contributed by atoms with Gasteiger partial charge >= 0.3 is 0 Å². The van der Waals surface area contributed by atoms with Gasteiger partial charge in [-0.15, -0.1) is 0 Å². The second kappa shape index (κ2) is 7.67. The molecule has 2 aromatic carbocycles. The van der Waals surface area contributed by atoms with Gasteiger partial charge in [0, 0.05) is 42.8 Å². The predicted octanol–water partition coefficient (Wildman–Crippen LogP) is 4.82. The van der Waals surface area contributed by atoms with Crippen LogP contribution in [-0.4, -0.2) is 26.0 Å². The highest BCUT2D eigenvalue weighted by molar-refractivity contribution is 7.80. The Morgan fingerprint density at radius 2 is 1.79 bits per heavy atom. The number of hydrogen-bond acceptors (Lipinski definition) is 3. The molecule has 29 heavy (non-hydrogen) atoms. The van der Waals surface area contributed by atoms with Crippen molar-refractivity contribution in [2.45, 2.75) is 26.4 Å². The van der Waals surface area contributed by atoms with E-state index in [0.717, 1.165) is 30.0 Å². The Kier molecular flexibility index (Phi) is 5.07. The molecule has 0 amide bonds. The van der Waals surface area contributed by atoms with Crippen molar-refractivity contribution in [3.05, 3.63) is 93.3 Å². The number of nitrogens with one attached hydrogen (secondary N) is 1. The third-order valence-corrected chi connectivity index (χ3v) is 5.53. The van der Waals surface area contributed by atoms with Gasteiger partial charge in [-0.25, -0.2) is 0 Å². The molecule has 1 N–H and O–H groups in total. The summed E-state index contributed by atoms with van der Waals surface area (Å²) in [7, 11) is 0. The monoisotopic (exact) mass is 406 g/mol. The fourth-order valence-corrected chi connectivity index (χ4v) is 4.29. The predicted molar refractivity (Wildman–Crippen MR) is 118 cm³/mol. The third-order valence-electron chi connectivity index (χ3n) is 5.19. The maximum Gasteiger partial charge on any atom is 0.269 e. The molecule has 0 spiro atoms. The quantitative estimate of drug-likeness (QED) is 0.384. The number of aromatic nitrogens is 1. The molecule has 6 nitrogen and oxygen atoms in total. The topological polar surface area (TPSA) is 63.3 Å². The second-order valence-electron chi connectivity index (χ2n) is 7.38. The number of hydrogen-bond donors (Lipinski definition) is 1. The van der Waals surface area contributed by atoms with E-state index in [1.54, 1.807) is 12.1 Å². The number of fused-ring (bicyclic) bond motifs is 1. The zero-order chi connectivity index (χ0) is 20.5. The highest BCUT2D eigenvalue weighted by atomic mass is 32.1. The summed E-state index contributed by atoms with van der Waals surface area (Å²) in [6, 6.07) is 17.0. The number of thiocarbonyl (C=S) groups is 1. The van der Waals surface area contributed by atoms with Crippen LogP contribution in [0.25, 0.3) is 0 Å². The summed E-state index contributed by atoms with van der Waals surface area (Å²) in [5, 5.41) is 15.1. The van der Waals surface area contributed by atoms with Crippen molar-refractivity contribution in [2.24, 2.45) is 0 Å². The first-order valence-corrected chi connectivity index (χ1v) is 9.88. The SMILES string of the molecule is Cc1cc(C)cc(NC(=S)N2CCn3cccc3[C@@H]2c2ccc([N+](=O)[O-])cc2)c1. The fraction of sp³-hybridized carbons (Fsp3) is 0.227. The van der Waals surface area contributed by atoms with E-state index in [4.69, 9.17) is 12.2 Å². The van der Waals surface area contributed by atoms with Crippen molar-refractivity contribution in [2.75, 3.05) is 11.9 Å². The standard InChI is InChI=1S/C22H22N4O2S/c1-15-12-16(2)14-18(13-15)23-22(29)25-11-10-24-9-3-4-20(24)21(25)17-5-7-19(8-6-17)26(27)28/h3-9,12-14,21H,10-11H2,1-2H3,(H,23,29)/t21-/m0/s1. The van der Waals surface area contributed by atoms with Crippen molar-refractivity contribution >= 4 is 28.7 Å².